The van der Waals surface area contributed by atoms with Gasteiger partial charge in [0.15, 0.2) is 0 Å². The lowest BCUT2D eigenvalue weighted by molar-refractivity contribution is 0.247. The molecule has 6 nitrogen and oxygen atoms in total. The van der Waals surface area contributed by atoms with Crippen LogP contribution in [0.15, 0.2) is 36.7 Å². The van der Waals surface area contributed by atoms with E-state index in [9.17, 15) is 0 Å². The zero-order valence-corrected chi connectivity index (χ0v) is 15.3. The summed E-state index contributed by atoms with van der Waals surface area (Å²) in [5.74, 6) is 2.41. The standard InChI is InChI=1S/C19H21ClN6/c20-16-11-18(23-19(22-16)14-4-5-14)25-9-7-24(8-10-25)12-15-13-26-6-2-1-3-17(26)21-15/h1-3,6,11,13-14H,4-5,7-10,12H2. The Morgan fingerprint density at radius 1 is 1.04 bits per heavy atom. The average Bonchev–Trinajstić information content (AvgIpc) is 3.42. The summed E-state index contributed by atoms with van der Waals surface area (Å²) in [6.45, 7) is 4.77. The normalized spacial score (nSPS) is 18.6. The number of imidazole rings is 1. The molecule has 3 aromatic heterocycles. The quantitative estimate of drug-likeness (QED) is 0.663. The number of hydrogen-bond donors (Lipinski definition) is 0. The second-order valence-electron chi connectivity index (χ2n) is 7.14. The molecule has 1 saturated heterocycles. The fourth-order valence-corrected chi connectivity index (χ4v) is 3.72. The summed E-state index contributed by atoms with van der Waals surface area (Å²) < 4.78 is 2.08. The Morgan fingerprint density at radius 2 is 1.88 bits per heavy atom. The van der Waals surface area contributed by atoms with Crippen LogP contribution in [0, 0.1) is 0 Å². The molecule has 1 aliphatic heterocycles. The van der Waals surface area contributed by atoms with E-state index in [4.69, 9.17) is 21.6 Å². The molecule has 7 heteroatoms. The van der Waals surface area contributed by atoms with E-state index in [1.54, 1.807) is 0 Å². The van der Waals surface area contributed by atoms with Gasteiger partial charge in [0, 0.05) is 57.1 Å². The molecule has 0 unspecified atom stereocenters. The Bertz CT molecular complexity index is 894. The van der Waals surface area contributed by atoms with Crippen molar-refractivity contribution in [3.05, 3.63) is 53.3 Å². The highest BCUT2D eigenvalue weighted by Crippen LogP contribution is 2.39. The summed E-state index contributed by atoms with van der Waals surface area (Å²) >= 11 is 6.22. The lowest BCUT2D eigenvalue weighted by atomic mass is 10.3. The second kappa shape index (κ2) is 6.52. The highest BCUT2D eigenvalue weighted by Gasteiger charge is 2.28. The molecule has 0 amide bonds. The van der Waals surface area contributed by atoms with Crippen molar-refractivity contribution in [3.8, 4) is 0 Å². The predicted octanol–water partition coefficient (Wildman–Crippen LogP) is 2.98. The van der Waals surface area contributed by atoms with E-state index < -0.39 is 0 Å². The minimum Gasteiger partial charge on any atom is -0.354 e. The fraction of sp³-hybridized carbons (Fsp3) is 0.421. The summed E-state index contributed by atoms with van der Waals surface area (Å²) in [4.78, 5) is 18.6. The minimum atomic E-state index is 0.517. The molecule has 0 bridgehead atoms. The van der Waals surface area contributed by atoms with Gasteiger partial charge < -0.3 is 9.30 Å². The minimum absolute atomic E-state index is 0.517. The predicted molar refractivity (Wildman–Crippen MR) is 102 cm³/mol. The first-order valence-electron chi connectivity index (χ1n) is 9.19. The fourth-order valence-electron chi connectivity index (χ4n) is 3.54. The molecule has 3 aromatic rings. The van der Waals surface area contributed by atoms with Gasteiger partial charge in [0.2, 0.25) is 0 Å². The van der Waals surface area contributed by atoms with Gasteiger partial charge in [-0.25, -0.2) is 15.0 Å². The smallest absolute Gasteiger partial charge is 0.137 e. The van der Waals surface area contributed by atoms with E-state index in [-0.39, 0.29) is 0 Å². The largest absolute Gasteiger partial charge is 0.354 e. The third-order valence-electron chi connectivity index (χ3n) is 5.14. The van der Waals surface area contributed by atoms with E-state index >= 15 is 0 Å². The zero-order chi connectivity index (χ0) is 17.5. The third-order valence-corrected chi connectivity index (χ3v) is 5.33. The van der Waals surface area contributed by atoms with Crippen molar-refractivity contribution < 1.29 is 0 Å². The first-order chi connectivity index (χ1) is 12.7. The van der Waals surface area contributed by atoms with Crippen LogP contribution in [0.2, 0.25) is 5.15 Å². The molecule has 26 heavy (non-hydrogen) atoms. The van der Waals surface area contributed by atoms with Crippen molar-refractivity contribution in [1.29, 1.82) is 0 Å². The van der Waals surface area contributed by atoms with Crippen LogP contribution in [0.1, 0.15) is 30.3 Å². The molecule has 0 spiro atoms. The van der Waals surface area contributed by atoms with Crippen LogP contribution in [0.4, 0.5) is 5.82 Å². The van der Waals surface area contributed by atoms with E-state index in [0.29, 0.717) is 11.1 Å². The maximum Gasteiger partial charge on any atom is 0.137 e. The molecule has 2 aliphatic rings. The number of hydrogen-bond acceptors (Lipinski definition) is 5. The summed E-state index contributed by atoms with van der Waals surface area (Å²) in [6, 6.07) is 7.98. The Hall–Kier alpha value is -2.18. The van der Waals surface area contributed by atoms with E-state index in [1.165, 1.54) is 12.8 Å². The topological polar surface area (TPSA) is 49.6 Å². The molecular weight excluding hydrogens is 348 g/mol. The number of rotatable bonds is 4. The van der Waals surface area contributed by atoms with E-state index in [0.717, 1.165) is 55.7 Å². The molecular formula is C19H21ClN6. The van der Waals surface area contributed by atoms with Gasteiger partial charge in [-0.05, 0) is 25.0 Å². The summed E-state index contributed by atoms with van der Waals surface area (Å²) in [5, 5.41) is 0.559. The molecule has 1 saturated carbocycles. The van der Waals surface area contributed by atoms with Crippen LogP contribution in [-0.4, -0.2) is 50.4 Å². The number of anilines is 1. The van der Waals surface area contributed by atoms with Crippen molar-refractivity contribution in [2.24, 2.45) is 0 Å². The third kappa shape index (κ3) is 3.27. The number of fused-ring (bicyclic) bond motifs is 1. The molecule has 0 radical (unpaired) electrons. The SMILES string of the molecule is Clc1cc(N2CCN(Cc3cn4ccccc4n3)CC2)nc(C2CC2)n1. The molecule has 134 valence electrons. The van der Waals surface area contributed by atoms with E-state index in [1.807, 2.05) is 30.5 Å². The number of piperazine rings is 1. The molecule has 0 aromatic carbocycles. The van der Waals surface area contributed by atoms with Crippen molar-refractivity contribution in [2.75, 3.05) is 31.1 Å². The first kappa shape index (κ1) is 16.0. The zero-order valence-electron chi connectivity index (χ0n) is 14.6. The van der Waals surface area contributed by atoms with Crippen LogP contribution in [0.25, 0.3) is 5.65 Å². The highest BCUT2D eigenvalue weighted by atomic mass is 35.5. The van der Waals surface area contributed by atoms with Gasteiger partial charge in [-0.15, -0.1) is 0 Å². The van der Waals surface area contributed by atoms with Crippen LogP contribution >= 0.6 is 11.6 Å². The van der Waals surface area contributed by atoms with Gasteiger partial charge >= 0.3 is 0 Å². The van der Waals surface area contributed by atoms with Crippen LogP contribution in [-0.2, 0) is 6.54 Å². The van der Waals surface area contributed by atoms with Crippen molar-refractivity contribution in [3.63, 3.8) is 0 Å². The number of aromatic nitrogens is 4. The summed E-state index contributed by atoms with van der Waals surface area (Å²) in [6.07, 6.45) is 6.53. The van der Waals surface area contributed by atoms with Gasteiger partial charge in [-0.2, -0.15) is 0 Å². The average molecular weight is 369 g/mol. The lowest BCUT2D eigenvalue weighted by Crippen LogP contribution is -2.46. The van der Waals surface area contributed by atoms with Gasteiger partial charge in [0.25, 0.3) is 0 Å². The van der Waals surface area contributed by atoms with Gasteiger partial charge in [-0.1, -0.05) is 17.7 Å². The second-order valence-corrected chi connectivity index (χ2v) is 7.53. The number of nitrogens with zero attached hydrogens (tertiary/aromatic N) is 6. The number of pyridine rings is 1. The Labute approximate surface area is 157 Å². The lowest BCUT2D eigenvalue weighted by Gasteiger charge is -2.35. The molecule has 4 heterocycles. The Morgan fingerprint density at radius 3 is 2.65 bits per heavy atom. The molecule has 0 atom stereocenters. The number of halogens is 1. The first-order valence-corrected chi connectivity index (χ1v) is 9.57. The maximum atomic E-state index is 6.22. The van der Waals surface area contributed by atoms with Gasteiger partial charge in [0.1, 0.15) is 22.4 Å². The highest BCUT2D eigenvalue weighted by molar-refractivity contribution is 6.29. The van der Waals surface area contributed by atoms with Gasteiger partial charge in [-0.3, -0.25) is 4.90 Å². The Kier molecular flexibility index (Phi) is 4.02. The van der Waals surface area contributed by atoms with Crippen LogP contribution in [0.3, 0.4) is 0 Å². The molecule has 0 N–H and O–H groups in total. The van der Waals surface area contributed by atoms with Crippen molar-refractivity contribution >= 4 is 23.1 Å². The Balaban J connectivity index is 1.24. The summed E-state index contributed by atoms with van der Waals surface area (Å²) in [5.41, 5.74) is 2.12. The van der Waals surface area contributed by atoms with E-state index in [2.05, 4.69) is 25.4 Å². The maximum absolute atomic E-state index is 6.22. The summed E-state index contributed by atoms with van der Waals surface area (Å²) in [7, 11) is 0. The van der Waals surface area contributed by atoms with Crippen molar-refractivity contribution in [1.82, 2.24) is 24.3 Å². The van der Waals surface area contributed by atoms with Crippen molar-refractivity contribution in [2.45, 2.75) is 25.3 Å². The van der Waals surface area contributed by atoms with Gasteiger partial charge in [0.05, 0.1) is 5.69 Å². The van der Waals surface area contributed by atoms with Crippen LogP contribution in [0.5, 0.6) is 0 Å². The molecule has 1 aliphatic carbocycles. The van der Waals surface area contributed by atoms with Crippen LogP contribution < -0.4 is 4.90 Å². The molecule has 2 fully saturated rings. The monoisotopic (exact) mass is 368 g/mol. The molecule has 5 rings (SSSR count).